The van der Waals surface area contributed by atoms with Gasteiger partial charge in [-0.25, -0.2) is 0 Å². The van der Waals surface area contributed by atoms with Crippen LogP contribution in [0.1, 0.15) is 43.5 Å². The number of ether oxygens (including phenoxy) is 1. The predicted molar refractivity (Wildman–Crippen MR) is 87.7 cm³/mol. The highest BCUT2D eigenvalue weighted by Crippen LogP contribution is 2.20. The van der Waals surface area contributed by atoms with Crippen molar-refractivity contribution in [2.75, 3.05) is 19.7 Å². The Bertz CT molecular complexity index is 538. The Hall–Kier alpha value is -2.04. The molecule has 1 saturated heterocycles. The van der Waals surface area contributed by atoms with E-state index in [1.807, 2.05) is 0 Å². The first-order valence-electron chi connectivity index (χ1n) is 8.22. The first kappa shape index (κ1) is 17.3. The van der Waals surface area contributed by atoms with Crippen LogP contribution in [0.2, 0.25) is 0 Å². The molecule has 0 bridgehead atoms. The van der Waals surface area contributed by atoms with Crippen LogP contribution < -0.4 is 4.74 Å². The average Bonchev–Trinajstić information content (AvgIpc) is 2.54. The van der Waals surface area contributed by atoms with Crippen LogP contribution in [0, 0.1) is 11.8 Å². The molecule has 1 fully saturated rings. The van der Waals surface area contributed by atoms with Crippen LogP contribution >= 0.6 is 0 Å². The molecule has 126 valence electrons. The summed E-state index contributed by atoms with van der Waals surface area (Å²) in [6, 6.07) is 7.09. The number of hydrogen-bond acceptors (Lipinski definition) is 3. The lowest BCUT2D eigenvalue weighted by atomic mass is 9.97. The topological polar surface area (TPSA) is 66.8 Å². The number of likely N-dealkylation sites (tertiary alicyclic amines) is 1. The summed E-state index contributed by atoms with van der Waals surface area (Å²) in [5.41, 5.74) is 0.576. The normalized spacial score (nSPS) is 18.0. The molecule has 1 aromatic carbocycles. The maximum Gasteiger partial charge on any atom is 0.308 e. The number of carboxylic acid groups (broad SMARTS) is 1. The average molecular weight is 319 g/mol. The van der Waals surface area contributed by atoms with Gasteiger partial charge in [0.25, 0.3) is 5.91 Å². The summed E-state index contributed by atoms with van der Waals surface area (Å²) in [4.78, 5) is 25.2. The van der Waals surface area contributed by atoms with Crippen LogP contribution in [-0.4, -0.2) is 41.6 Å². The number of nitrogens with zero attached hydrogens (tertiary/aromatic N) is 1. The van der Waals surface area contributed by atoms with Gasteiger partial charge < -0.3 is 14.7 Å². The van der Waals surface area contributed by atoms with Gasteiger partial charge in [0, 0.05) is 18.7 Å². The van der Waals surface area contributed by atoms with Crippen molar-refractivity contribution in [3.8, 4) is 5.75 Å². The second kappa shape index (κ2) is 7.99. The van der Waals surface area contributed by atoms with Gasteiger partial charge in [-0.1, -0.05) is 13.8 Å². The van der Waals surface area contributed by atoms with E-state index in [0.29, 0.717) is 37.6 Å². The van der Waals surface area contributed by atoms with Crippen LogP contribution in [0.4, 0.5) is 0 Å². The van der Waals surface area contributed by atoms with Crippen molar-refractivity contribution in [1.82, 2.24) is 4.90 Å². The zero-order valence-corrected chi connectivity index (χ0v) is 13.8. The fourth-order valence-electron chi connectivity index (χ4n) is 2.65. The molecule has 5 heteroatoms. The van der Waals surface area contributed by atoms with E-state index in [4.69, 9.17) is 9.84 Å². The van der Waals surface area contributed by atoms with Gasteiger partial charge in [0.05, 0.1) is 12.5 Å². The fourth-order valence-corrected chi connectivity index (χ4v) is 2.65. The van der Waals surface area contributed by atoms with Crippen LogP contribution in [0.3, 0.4) is 0 Å². The quantitative estimate of drug-likeness (QED) is 0.875. The third-order valence-electron chi connectivity index (χ3n) is 4.12. The lowest BCUT2D eigenvalue weighted by molar-refractivity contribution is -0.143. The van der Waals surface area contributed by atoms with Crippen molar-refractivity contribution >= 4 is 11.9 Å². The summed E-state index contributed by atoms with van der Waals surface area (Å²) >= 11 is 0. The second-order valence-electron chi connectivity index (χ2n) is 6.48. The second-order valence-corrected chi connectivity index (χ2v) is 6.48. The molecule has 1 amide bonds. The lowest BCUT2D eigenvalue weighted by Crippen LogP contribution is -2.42. The molecule has 1 aliphatic heterocycles. The SMILES string of the molecule is CC(C)CCOc1ccc(C(=O)N2CCCC(C(=O)O)C2)cc1. The van der Waals surface area contributed by atoms with E-state index in [1.165, 1.54) is 0 Å². The third-order valence-corrected chi connectivity index (χ3v) is 4.12. The molecule has 1 N–H and O–H groups in total. The van der Waals surface area contributed by atoms with Gasteiger partial charge in [-0.3, -0.25) is 9.59 Å². The molecular weight excluding hydrogens is 294 g/mol. The van der Waals surface area contributed by atoms with E-state index in [9.17, 15) is 9.59 Å². The molecule has 1 heterocycles. The highest BCUT2D eigenvalue weighted by Gasteiger charge is 2.28. The summed E-state index contributed by atoms with van der Waals surface area (Å²) < 4.78 is 5.64. The van der Waals surface area contributed by atoms with E-state index in [0.717, 1.165) is 18.6 Å². The van der Waals surface area contributed by atoms with E-state index in [1.54, 1.807) is 29.2 Å². The summed E-state index contributed by atoms with van der Waals surface area (Å²) in [6.07, 6.45) is 2.37. The molecule has 0 spiro atoms. The number of carbonyl (C=O) groups excluding carboxylic acids is 1. The number of amides is 1. The number of aliphatic carboxylic acids is 1. The minimum Gasteiger partial charge on any atom is -0.494 e. The van der Waals surface area contributed by atoms with Crippen molar-refractivity contribution < 1.29 is 19.4 Å². The van der Waals surface area contributed by atoms with Crippen molar-refractivity contribution in [2.45, 2.75) is 33.1 Å². The van der Waals surface area contributed by atoms with Gasteiger partial charge in [-0.05, 0) is 49.4 Å². The van der Waals surface area contributed by atoms with Gasteiger partial charge in [0.1, 0.15) is 5.75 Å². The van der Waals surface area contributed by atoms with E-state index in [2.05, 4.69) is 13.8 Å². The Morgan fingerprint density at radius 1 is 1.30 bits per heavy atom. The number of carbonyl (C=O) groups is 2. The summed E-state index contributed by atoms with van der Waals surface area (Å²) in [6.45, 7) is 5.87. The molecule has 0 saturated carbocycles. The van der Waals surface area contributed by atoms with Gasteiger partial charge in [-0.2, -0.15) is 0 Å². The maximum atomic E-state index is 12.5. The number of piperidine rings is 1. The lowest BCUT2D eigenvalue weighted by Gasteiger charge is -2.30. The van der Waals surface area contributed by atoms with Crippen molar-refractivity contribution in [3.63, 3.8) is 0 Å². The number of rotatable bonds is 6. The van der Waals surface area contributed by atoms with E-state index < -0.39 is 11.9 Å². The monoisotopic (exact) mass is 319 g/mol. The standard InChI is InChI=1S/C18H25NO4/c1-13(2)9-11-23-16-7-5-14(6-8-16)17(20)19-10-3-4-15(12-19)18(21)22/h5-8,13,15H,3-4,9-12H2,1-2H3,(H,21,22). The highest BCUT2D eigenvalue weighted by molar-refractivity contribution is 5.94. The van der Waals surface area contributed by atoms with Crippen LogP contribution in [0.15, 0.2) is 24.3 Å². The van der Waals surface area contributed by atoms with Gasteiger partial charge >= 0.3 is 5.97 Å². The molecule has 23 heavy (non-hydrogen) atoms. The van der Waals surface area contributed by atoms with Crippen molar-refractivity contribution in [3.05, 3.63) is 29.8 Å². The molecule has 5 nitrogen and oxygen atoms in total. The van der Waals surface area contributed by atoms with Crippen LogP contribution in [-0.2, 0) is 4.79 Å². The Morgan fingerprint density at radius 2 is 2.00 bits per heavy atom. The summed E-state index contributed by atoms with van der Waals surface area (Å²) in [5.74, 6) is -0.0335. The summed E-state index contributed by atoms with van der Waals surface area (Å²) in [5, 5.41) is 9.11. The van der Waals surface area contributed by atoms with Crippen molar-refractivity contribution in [2.24, 2.45) is 11.8 Å². The zero-order valence-electron chi connectivity index (χ0n) is 13.8. The molecule has 0 aliphatic carbocycles. The first-order valence-corrected chi connectivity index (χ1v) is 8.22. The molecule has 1 unspecified atom stereocenters. The van der Waals surface area contributed by atoms with Crippen LogP contribution in [0.5, 0.6) is 5.75 Å². The Morgan fingerprint density at radius 3 is 2.61 bits per heavy atom. The first-order chi connectivity index (χ1) is 11.0. The highest BCUT2D eigenvalue weighted by atomic mass is 16.5. The Labute approximate surface area is 137 Å². The minimum absolute atomic E-state index is 0.107. The maximum absolute atomic E-state index is 12.5. The van der Waals surface area contributed by atoms with E-state index >= 15 is 0 Å². The van der Waals surface area contributed by atoms with Gasteiger partial charge in [0.2, 0.25) is 0 Å². The third kappa shape index (κ3) is 4.98. The Kier molecular flexibility index (Phi) is 6.02. The number of hydrogen-bond donors (Lipinski definition) is 1. The molecule has 1 aliphatic rings. The largest absolute Gasteiger partial charge is 0.494 e. The molecule has 0 radical (unpaired) electrons. The zero-order chi connectivity index (χ0) is 16.8. The Balaban J connectivity index is 1.93. The predicted octanol–water partition coefficient (Wildman–Crippen LogP) is 3.05. The van der Waals surface area contributed by atoms with Crippen molar-refractivity contribution in [1.29, 1.82) is 0 Å². The molecule has 2 rings (SSSR count). The van der Waals surface area contributed by atoms with Gasteiger partial charge in [-0.15, -0.1) is 0 Å². The fraction of sp³-hybridized carbons (Fsp3) is 0.556. The molecule has 1 aromatic rings. The number of benzene rings is 1. The number of carboxylic acids is 1. The smallest absolute Gasteiger partial charge is 0.308 e. The molecule has 0 aromatic heterocycles. The van der Waals surface area contributed by atoms with Crippen LogP contribution in [0.25, 0.3) is 0 Å². The molecular formula is C18H25NO4. The minimum atomic E-state index is -0.823. The molecule has 1 atom stereocenters. The summed E-state index contributed by atoms with van der Waals surface area (Å²) in [7, 11) is 0. The van der Waals surface area contributed by atoms with Gasteiger partial charge in [0.15, 0.2) is 0 Å². The van der Waals surface area contributed by atoms with E-state index in [-0.39, 0.29) is 5.91 Å².